The van der Waals surface area contributed by atoms with E-state index in [-0.39, 0.29) is 5.91 Å². The van der Waals surface area contributed by atoms with E-state index in [1.165, 1.54) is 19.1 Å². The Kier molecular flexibility index (Phi) is 4.12. The van der Waals surface area contributed by atoms with Crippen molar-refractivity contribution in [1.82, 2.24) is 0 Å². The molecule has 1 aliphatic rings. The predicted molar refractivity (Wildman–Crippen MR) is 89.5 cm³/mol. The first kappa shape index (κ1) is 15.9. The SMILES string of the molecule is COc1ccc(C(=O)N2c3ccccc3CC2C(N)=O)c(OC)c1. The summed E-state index contributed by atoms with van der Waals surface area (Å²) in [5, 5.41) is 0. The summed E-state index contributed by atoms with van der Waals surface area (Å²) in [6.07, 6.45) is 0.412. The van der Waals surface area contributed by atoms with Gasteiger partial charge in [-0.3, -0.25) is 14.5 Å². The first-order valence-electron chi connectivity index (χ1n) is 7.49. The Labute approximate surface area is 139 Å². The van der Waals surface area contributed by atoms with Crippen molar-refractivity contribution >= 4 is 17.5 Å². The van der Waals surface area contributed by atoms with E-state index in [1.807, 2.05) is 24.3 Å². The highest BCUT2D eigenvalue weighted by atomic mass is 16.5. The first-order chi connectivity index (χ1) is 11.6. The van der Waals surface area contributed by atoms with Crippen LogP contribution in [-0.2, 0) is 11.2 Å². The van der Waals surface area contributed by atoms with Crippen LogP contribution in [0.3, 0.4) is 0 Å². The van der Waals surface area contributed by atoms with Crippen LogP contribution in [0.25, 0.3) is 0 Å². The monoisotopic (exact) mass is 326 g/mol. The summed E-state index contributed by atoms with van der Waals surface area (Å²) in [6, 6.07) is 11.6. The van der Waals surface area contributed by atoms with Crippen LogP contribution in [0.5, 0.6) is 11.5 Å². The van der Waals surface area contributed by atoms with E-state index >= 15 is 0 Å². The van der Waals surface area contributed by atoms with Crippen LogP contribution in [0, 0.1) is 0 Å². The topological polar surface area (TPSA) is 81.9 Å². The third-order valence-corrected chi connectivity index (χ3v) is 4.16. The fourth-order valence-corrected chi connectivity index (χ4v) is 2.97. The van der Waals surface area contributed by atoms with Crippen LogP contribution in [0.1, 0.15) is 15.9 Å². The van der Waals surface area contributed by atoms with Crippen molar-refractivity contribution in [2.24, 2.45) is 5.73 Å². The molecule has 0 aromatic heterocycles. The number of nitrogens with zero attached hydrogens (tertiary/aromatic N) is 1. The van der Waals surface area contributed by atoms with Gasteiger partial charge in [0.2, 0.25) is 5.91 Å². The number of hydrogen-bond acceptors (Lipinski definition) is 4. The molecule has 0 spiro atoms. The van der Waals surface area contributed by atoms with Crippen molar-refractivity contribution in [2.45, 2.75) is 12.5 Å². The van der Waals surface area contributed by atoms with Crippen molar-refractivity contribution in [1.29, 1.82) is 0 Å². The van der Waals surface area contributed by atoms with Gasteiger partial charge in [-0.2, -0.15) is 0 Å². The molecule has 1 unspecified atom stereocenters. The van der Waals surface area contributed by atoms with E-state index in [0.717, 1.165) is 5.56 Å². The van der Waals surface area contributed by atoms with Gasteiger partial charge in [-0.25, -0.2) is 0 Å². The Balaban J connectivity index is 2.06. The molecule has 2 amide bonds. The molecule has 124 valence electrons. The second-order valence-corrected chi connectivity index (χ2v) is 5.49. The van der Waals surface area contributed by atoms with E-state index in [9.17, 15) is 9.59 Å². The van der Waals surface area contributed by atoms with Crippen LogP contribution in [0.15, 0.2) is 42.5 Å². The molecule has 24 heavy (non-hydrogen) atoms. The third-order valence-electron chi connectivity index (χ3n) is 4.16. The normalized spacial score (nSPS) is 15.8. The summed E-state index contributed by atoms with van der Waals surface area (Å²) >= 11 is 0. The number of anilines is 1. The first-order valence-corrected chi connectivity index (χ1v) is 7.49. The average Bonchev–Trinajstić information content (AvgIpc) is 3.00. The maximum Gasteiger partial charge on any atom is 0.262 e. The molecule has 2 N–H and O–H groups in total. The summed E-state index contributed by atoms with van der Waals surface area (Å²) in [5.74, 6) is 0.0962. The van der Waals surface area contributed by atoms with Gasteiger partial charge in [-0.1, -0.05) is 18.2 Å². The fourth-order valence-electron chi connectivity index (χ4n) is 2.97. The van der Waals surface area contributed by atoms with Crippen molar-refractivity contribution < 1.29 is 19.1 Å². The zero-order chi connectivity index (χ0) is 17.3. The number of hydrogen-bond donors (Lipinski definition) is 1. The van der Waals surface area contributed by atoms with Crippen LogP contribution in [-0.4, -0.2) is 32.1 Å². The van der Waals surface area contributed by atoms with E-state index in [1.54, 1.807) is 18.2 Å². The molecule has 0 saturated heterocycles. The van der Waals surface area contributed by atoms with Gasteiger partial charge >= 0.3 is 0 Å². The van der Waals surface area contributed by atoms with Gasteiger partial charge in [-0.15, -0.1) is 0 Å². The summed E-state index contributed by atoms with van der Waals surface area (Å²) in [7, 11) is 3.02. The number of rotatable bonds is 4. The number of amides is 2. The van der Waals surface area contributed by atoms with Gasteiger partial charge in [0.15, 0.2) is 0 Å². The lowest BCUT2D eigenvalue weighted by Gasteiger charge is -2.24. The number of para-hydroxylation sites is 1. The van der Waals surface area contributed by atoms with Gasteiger partial charge in [0.25, 0.3) is 5.91 Å². The minimum Gasteiger partial charge on any atom is -0.497 e. The van der Waals surface area contributed by atoms with Gasteiger partial charge in [-0.05, 0) is 23.8 Å². The average molecular weight is 326 g/mol. The number of carbonyl (C=O) groups excluding carboxylic acids is 2. The Morgan fingerprint density at radius 3 is 2.54 bits per heavy atom. The van der Waals surface area contributed by atoms with Crippen molar-refractivity contribution in [3.63, 3.8) is 0 Å². The number of primary amides is 1. The molecule has 0 fully saturated rings. The molecule has 0 saturated carbocycles. The van der Waals surface area contributed by atoms with E-state index in [0.29, 0.717) is 29.2 Å². The zero-order valence-electron chi connectivity index (χ0n) is 13.5. The molecular weight excluding hydrogens is 308 g/mol. The van der Waals surface area contributed by atoms with Crippen molar-refractivity contribution in [3.8, 4) is 11.5 Å². The molecular formula is C18H18N2O4. The van der Waals surface area contributed by atoms with E-state index in [4.69, 9.17) is 15.2 Å². The zero-order valence-corrected chi connectivity index (χ0v) is 13.5. The number of fused-ring (bicyclic) bond motifs is 1. The smallest absolute Gasteiger partial charge is 0.262 e. The molecule has 1 aliphatic heterocycles. The highest BCUT2D eigenvalue weighted by molar-refractivity contribution is 6.12. The lowest BCUT2D eigenvalue weighted by Crippen LogP contribution is -2.46. The Hall–Kier alpha value is -3.02. The second kappa shape index (κ2) is 6.23. The van der Waals surface area contributed by atoms with E-state index in [2.05, 4.69) is 0 Å². The van der Waals surface area contributed by atoms with Crippen LogP contribution in [0.4, 0.5) is 5.69 Å². The predicted octanol–water partition coefficient (Wildman–Crippen LogP) is 1.76. The summed E-state index contributed by atoms with van der Waals surface area (Å²) in [6.45, 7) is 0. The van der Waals surface area contributed by atoms with Crippen LogP contribution in [0.2, 0.25) is 0 Å². The lowest BCUT2D eigenvalue weighted by molar-refractivity contribution is -0.119. The molecule has 1 atom stereocenters. The molecule has 6 heteroatoms. The second-order valence-electron chi connectivity index (χ2n) is 5.49. The Morgan fingerprint density at radius 2 is 1.88 bits per heavy atom. The van der Waals surface area contributed by atoms with Crippen molar-refractivity contribution in [2.75, 3.05) is 19.1 Å². The molecule has 1 heterocycles. The van der Waals surface area contributed by atoms with Crippen LogP contribution < -0.4 is 20.1 Å². The minimum absolute atomic E-state index is 0.330. The quantitative estimate of drug-likeness (QED) is 0.928. The molecule has 0 bridgehead atoms. The lowest BCUT2D eigenvalue weighted by atomic mass is 10.1. The largest absolute Gasteiger partial charge is 0.497 e. The van der Waals surface area contributed by atoms with Crippen molar-refractivity contribution in [3.05, 3.63) is 53.6 Å². The number of nitrogens with two attached hydrogens (primary N) is 1. The summed E-state index contributed by atoms with van der Waals surface area (Å²) in [5.41, 5.74) is 7.48. The van der Waals surface area contributed by atoms with Gasteiger partial charge in [0.1, 0.15) is 17.5 Å². The van der Waals surface area contributed by atoms with Gasteiger partial charge in [0, 0.05) is 18.2 Å². The highest BCUT2D eigenvalue weighted by Crippen LogP contribution is 2.35. The molecule has 0 radical (unpaired) electrons. The number of carbonyl (C=O) groups is 2. The number of methoxy groups -OCH3 is 2. The Morgan fingerprint density at radius 1 is 1.12 bits per heavy atom. The standard InChI is InChI=1S/C18H18N2O4/c1-23-12-7-8-13(16(10-12)24-2)18(22)20-14-6-4-3-5-11(14)9-15(20)17(19)21/h3-8,10,15H,9H2,1-2H3,(H2,19,21). The molecule has 0 aliphatic carbocycles. The van der Waals surface area contributed by atoms with Crippen LogP contribution >= 0.6 is 0 Å². The van der Waals surface area contributed by atoms with E-state index < -0.39 is 11.9 Å². The molecule has 6 nitrogen and oxygen atoms in total. The molecule has 2 aromatic carbocycles. The maximum atomic E-state index is 13.1. The highest BCUT2D eigenvalue weighted by Gasteiger charge is 2.38. The summed E-state index contributed by atoms with van der Waals surface area (Å²) in [4.78, 5) is 26.4. The number of ether oxygens (including phenoxy) is 2. The summed E-state index contributed by atoms with van der Waals surface area (Å²) < 4.78 is 10.5. The Bertz CT molecular complexity index is 803. The minimum atomic E-state index is -0.707. The van der Waals surface area contributed by atoms with Gasteiger partial charge < -0.3 is 15.2 Å². The molecule has 2 aromatic rings. The molecule has 3 rings (SSSR count). The third kappa shape index (κ3) is 2.56. The maximum absolute atomic E-state index is 13.1. The number of benzene rings is 2. The van der Waals surface area contributed by atoms with Gasteiger partial charge in [0.05, 0.1) is 19.8 Å². The fraction of sp³-hybridized carbons (Fsp3) is 0.222.